The number of nitrogens with one attached hydrogen (secondary N) is 1. The van der Waals surface area contributed by atoms with Crippen molar-refractivity contribution in [1.82, 2.24) is 5.32 Å². The molecule has 4 heteroatoms. The molecule has 1 atom stereocenters. The summed E-state index contributed by atoms with van der Waals surface area (Å²) in [6.07, 6.45) is 4.12. The minimum absolute atomic E-state index is 0.105. The molecule has 0 rings (SSSR count). The van der Waals surface area contributed by atoms with Gasteiger partial charge in [-0.3, -0.25) is 4.79 Å². The molecule has 0 radical (unpaired) electrons. The first-order chi connectivity index (χ1) is 6.76. The summed E-state index contributed by atoms with van der Waals surface area (Å²) >= 11 is 0. The quantitative estimate of drug-likeness (QED) is 0.568. The third kappa shape index (κ3) is 5.94. The summed E-state index contributed by atoms with van der Waals surface area (Å²) in [5.41, 5.74) is 5.35. The van der Waals surface area contributed by atoms with Crippen LogP contribution in [0.3, 0.4) is 0 Å². The van der Waals surface area contributed by atoms with E-state index in [1.807, 2.05) is 0 Å². The Morgan fingerprint density at radius 1 is 1.43 bits per heavy atom. The molecular weight excluding hydrogens is 180 g/mol. The lowest BCUT2D eigenvalue weighted by molar-refractivity contribution is -0.130. The van der Waals surface area contributed by atoms with Crippen molar-refractivity contribution < 1.29 is 9.53 Å². The van der Waals surface area contributed by atoms with Gasteiger partial charge in [-0.15, -0.1) is 0 Å². The molecule has 0 saturated carbocycles. The van der Waals surface area contributed by atoms with E-state index in [-0.39, 0.29) is 12.5 Å². The molecule has 0 aromatic heterocycles. The Hall–Kier alpha value is -0.610. The lowest BCUT2D eigenvalue weighted by Crippen LogP contribution is -2.40. The van der Waals surface area contributed by atoms with E-state index < -0.39 is 6.10 Å². The van der Waals surface area contributed by atoms with Crippen molar-refractivity contribution in [2.45, 2.75) is 38.7 Å². The Balaban J connectivity index is 3.43. The molecule has 4 nitrogen and oxygen atoms in total. The SMILES string of the molecule is CCCCCCNC(=O)C(CN)OC. The number of hydrogen-bond acceptors (Lipinski definition) is 3. The highest BCUT2D eigenvalue weighted by molar-refractivity contribution is 5.80. The van der Waals surface area contributed by atoms with Crippen LogP contribution in [0.2, 0.25) is 0 Å². The standard InChI is InChI=1S/C10H22N2O2/c1-3-4-5-6-7-12-10(13)9(8-11)14-2/h9H,3-8,11H2,1-2H3,(H,12,13). The normalized spacial score (nSPS) is 12.5. The lowest BCUT2D eigenvalue weighted by Gasteiger charge is -2.12. The van der Waals surface area contributed by atoms with Crippen LogP contribution in [0.4, 0.5) is 0 Å². The Bertz CT molecular complexity index is 147. The van der Waals surface area contributed by atoms with E-state index in [0.29, 0.717) is 0 Å². The minimum atomic E-state index is -0.499. The van der Waals surface area contributed by atoms with Crippen LogP contribution < -0.4 is 11.1 Å². The fraction of sp³-hybridized carbons (Fsp3) is 0.900. The molecule has 84 valence electrons. The molecule has 0 aliphatic carbocycles. The van der Waals surface area contributed by atoms with Crippen LogP contribution in [0.5, 0.6) is 0 Å². The van der Waals surface area contributed by atoms with Gasteiger partial charge >= 0.3 is 0 Å². The highest BCUT2D eigenvalue weighted by Gasteiger charge is 2.13. The van der Waals surface area contributed by atoms with Gasteiger partial charge in [0.1, 0.15) is 6.10 Å². The van der Waals surface area contributed by atoms with Crippen LogP contribution in [0, 0.1) is 0 Å². The zero-order valence-electron chi connectivity index (χ0n) is 9.21. The zero-order chi connectivity index (χ0) is 10.8. The average molecular weight is 202 g/mol. The van der Waals surface area contributed by atoms with E-state index in [2.05, 4.69) is 12.2 Å². The van der Waals surface area contributed by atoms with E-state index in [0.717, 1.165) is 19.4 Å². The molecule has 1 amide bonds. The van der Waals surface area contributed by atoms with Crippen LogP contribution in [0.1, 0.15) is 32.6 Å². The number of carbonyl (C=O) groups excluding carboxylic acids is 1. The Labute approximate surface area is 86.2 Å². The first-order valence-corrected chi connectivity index (χ1v) is 5.26. The zero-order valence-corrected chi connectivity index (χ0v) is 9.21. The van der Waals surface area contributed by atoms with Crippen molar-refractivity contribution in [2.24, 2.45) is 5.73 Å². The molecule has 0 fully saturated rings. The number of amides is 1. The molecule has 14 heavy (non-hydrogen) atoms. The molecule has 0 aliphatic rings. The van der Waals surface area contributed by atoms with Gasteiger partial charge in [0.15, 0.2) is 0 Å². The summed E-state index contributed by atoms with van der Waals surface area (Å²) < 4.78 is 4.90. The lowest BCUT2D eigenvalue weighted by atomic mass is 10.2. The molecule has 0 saturated heterocycles. The Morgan fingerprint density at radius 2 is 2.14 bits per heavy atom. The van der Waals surface area contributed by atoms with Crippen LogP contribution in [-0.4, -0.2) is 32.2 Å². The molecule has 0 spiro atoms. The predicted octanol–water partition coefficient (Wildman–Crippen LogP) is 0.657. The number of methoxy groups -OCH3 is 1. The first kappa shape index (κ1) is 13.4. The van der Waals surface area contributed by atoms with E-state index in [1.54, 1.807) is 0 Å². The summed E-state index contributed by atoms with van der Waals surface area (Å²) in [5.74, 6) is -0.105. The average Bonchev–Trinajstić information content (AvgIpc) is 2.19. The van der Waals surface area contributed by atoms with Gasteiger partial charge in [0.25, 0.3) is 0 Å². The first-order valence-electron chi connectivity index (χ1n) is 5.26. The fourth-order valence-electron chi connectivity index (χ4n) is 1.19. The van der Waals surface area contributed by atoms with Crippen molar-refractivity contribution in [3.05, 3.63) is 0 Å². The van der Waals surface area contributed by atoms with Crippen molar-refractivity contribution in [3.63, 3.8) is 0 Å². The van der Waals surface area contributed by atoms with Crippen molar-refractivity contribution in [3.8, 4) is 0 Å². The maximum Gasteiger partial charge on any atom is 0.250 e. The number of carbonyl (C=O) groups is 1. The summed E-state index contributed by atoms with van der Waals surface area (Å²) in [6.45, 7) is 3.12. The summed E-state index contributed by atoms with van der Waals surface area (Å²) in [6, 6.07) is 0. The van der Waals surface area contributed by atoms with Crippen LogP contribution in [0.25, 0.3) is 0 Å². The van der Waals surface area contributed by atoms with Crippen molar-refractivity contribution in [2.75, 3.05) is 20.2 Å². The topological polar surface area (TPSA) is 64.4 Å². The molecule has 3 N–H and O–H groups in total. The largest absolute Gasteiger partial charge is 0.370 e. The van der Waals surface area contributed by atoms with Crippen LogP contribution >= 0.6 is 0 Å². The maximum absolute atomic E-state index is 11.3. The monoisotopic (exact) mass is 202 g/mol. The van der Waals surface area contributed by atoms with Crippen LogP contribution in [0.15, 0.2) is 0 Å². The molecule has 0 heterocycles. The van der Waals surface area contributed by atoms with Crippen molar-refractivity contribution in [1.29, 1.82) is 0 Å². The second kappa shape index (κ2) is 8.97. The maximum atomic E-state index is 11.3. The third-order valence-electron chi connectivity index (χ3n) is 2.12. The number of ether oxygens (including phenoxy) is 1. The van der Waals surface area contributed by atoms with Gasteiger partial charge in [0.2, 0.25) is 5.91 Å². The van der Waals surface area contributed by atoms with E-state index in [1.165, 1.54) is 20.0 Å². The Kier molecular flexibility index (Phi) is 8.57. The summed E-state index contributed by atoms with van der Waals surface area (Å²) in [4.78, 5) is 11.3. The van der Waals surface area contributed by atoms with Gasteiger partial charge in [-0.05, 0) is 6.42 Å². The second-order valence-corrected chi connectivity index (χ2v) is 3.31. The molecule has 0 bridgehead atoms. The van der Waals surface area contributed by atoms with Gasteiger partial charge in [-0.2, -0.15) is 0 Å². The second-order valence-electron chi connectivity index (χ2n) is 3.31. The summed E-state index contributed by atoms with van der Waals surface area (Å²) in [7, 11) is 1.49. The summed E-state index contributed by atoms with van der Waals surface area (Å²) in [5, 5.41) is 2.80. The van der Waals surface area contributed by atoms with Gasteiger partial charge in [0, 0.05) is 20.2 Å². The molecule has 0 aliphatic heterocycles. The van der Waals surface area contributed by atoms with Gasteiger partial charge in [0.05, 0.1) is 0 Å². The third-order valence-corrected chi connectivity index (χ3v) is 2.12. The molecule has 0 aromatic carbocycles. The predicted molar refractivity (Wildman–Crippen MR) is 57.0 cm³/mol. The van der Waals surface area contributed by atoms with Gasteiger partial charge in [-0.1, -0.05) is 26.2 Å². The number of unbranched alkanes of at least 4 members (excludes halogenated alkanes) is 3. The van der Waals surface area contributed by atoms with Gasteiger partial charge in [-0.25, -0.2) is 0 Å². The van der Waals surface area contributed by atoms with Gasteiger partial charge < -0.3 is 15.8 Å². The highest BCUT2D eigenvalue weighted by Crippen LogP contribution is 1.97. The molecule has 1 unspecified atom stereocenters. The van der Waals surface area contributed by atoms with E-state index >= 15 is 0 Å². The number of nitrogens with two attached hydrogens (primary N) is 1. The highest BCUT2D eigenvalue weighted by atomic mass is 16.5. The Morgan fingerprint density at radius 3 is 2.64 bits per heavy atom. The minimum Gasteiger partial charge on any atom is -0.370 e. The molecule has 0 aromatic rings. The number of hydrogen-bond donors (Lipinski definition) is 2. The number of rotatable bonds is 8. The fourth-order valence-corrected chi connectivity index (χ4v) is 1.19. The van der Waals surface area contributed by atoms with E-state index in [9.17, 15) is 4.79 Å². The van der Waals surface area contributed by atoms with E-state index in [4.69, 9.17) is 10.5 Å². The van der Waals surface area contributed by atoms with Crippen LogP contribution in [-0.2, 0) is 9.53 Å². The molecular formula is C10H22N2O2. The van der Waals surface area contributed by atoms with Crippen molar-refractivity contribution >= 4 is 5.91 Å². The smallest absolute Gasteiger partial charge is 0.250 e.